The molecule has 1 N–H and O–H groups in total. The first-order valence-electron chi connectivity index (χ1n) is 7.65. The van der Waals surface area contributed by atoms with E-state index in [1.165, 1.54) is 17.4 Å². The van der Waals surface area contributed by atoms with Crippen molar-refractivity contribution in [3.05, 3.63) is 64.0 Å². The van der Waals surface area contributed by atoms with Gasteiger partial charge in [0, 0.05) is 23.8 Å². The number of hydrogen-bond donors (Lipinski definition) is 1. The summed E-state index contributed by atoms with van der Waals surface area (Å²) in [6.45, 7) is 0. The monoisotopic (exact) mass is 389 g/mol. The van der Waals surface area contributed by atoms with Crippen molar-refractivity contribution in [2.45, 2.75) is 12.8 Å². The van der Waals surface area contributed by atoms with Crippen LogP contribution in [-0.2, 0) is 21.2 Å². The van der Waals surface area contributed by atoms with Gasteiger partial charge in [-0.05, 0) is 23.1 Å². The maximum atomic E-state index is 11.9. The van der Waals surface area contributed by atoms with E-state index in [9.17, 15) is 13.2 Å². The van der Waals surface area contributed by atoms with E-state index in [0.717, 1.165) is 16.5 Å². The molecule has 2 heterocycles. The maximum Gasteiger partial charge on any atom is 0.257 e. The molecule has 0 saturated heterocycles. The topological polar surface area (TPSA) is 102 Å². The fourth-order valence-electron chi connectivity index (χ4n) is 2.05. The number of benzene rings is 1. The highest BCUT2D eigenvalue weighted by Gasteiger charge is 2.14. The summed E-state index contributed by atoms with van der Waals surface area (Å²) < 4.78 is 31.3. The van der Waals surface area contributed by atoms with Crippen LogP contribution in [0.1, 0.15) is 17.9 Å². The van der Waals surface area contributed by atoms with Crippen molar-refractivity contribution >= 4 is 33.3 Å². The van der Waals surface area contributed by atoms with Gasteiger partial charge in [0.2, 0.25) is 17.7 Å². The molecule has 0 fully saturated rings. The molecule has 0 aliphatic heterocycles. The second kappa shape index (κ2) is 8.07. The van der Waals surface area contributed by atoms with Gasteiger partial charge in [-0.25, -0.2) is 13.1 Å². The van der Waals surface area contributed by atoms with Gasteiger partial charge in [0.25, 0.3) is 10.0 Å². The van der Waals surface area contributed by atoms with Gasteiger partial charge in [-0.15, -0.1) is 10.2 Å². The lowest BCUT2D eigenvalue weighted by atomic mass is 10.2. The normalized spacial score (nSPS) is 11.7. The highest BCUT2D eigenvalue weighted by molar-refractivity contribution is 7.93. The van der Waals surface area contributed by atoms with Crippen molar-refractivity contribution in [2.75, 3.05) is 0 Å². The maximum absolute atomic E-state index is 11.9. The number of carbonyl (C=O) groups excluding carboxylic acids is 1. The van der Waals surface area contributed by atoms with Crippen LogP contribution in [-0.4, -0.2) is 24.5 Å². The van der Waals surface area contributed by atoms with E-state index < -0.39 is 15.9 Å². The van der Waals surface area contributed by atoms with Crippen molar-refractivity contribution in [2.24, 2.45) is 0 Å². The molecule has 0 bridgehead atoms. The molecule has 0 unspecified atom stereocenters. The van der Waals surface area contributed by atoms with Gasteiger partial charge < -0.3 is 4.42 Å². The fourth-order valence-corrected chi connectivity index (χ4v) is 3.51. The standard InChI is InChI=1S/C17H15N3O4S2/c21-15(20-26(22,23)11-9-13-4-2-1-3-5-13)6-7-16-18-19-17(24-16)14-8-10-25-12-14/h1-5,8-12H,6-7H2,(H,20,21)/b11-9+. The van der Waals surface area contributed by atoms with E-state index in [-0.39, 0.29) is 18.7 Å². The summed E-state index contributed by atoms with van der Waals surface area (Å²) in [6.07, 6.45) is 1.49. The quantitative estimate of drug-likeness (QED) is 0.667. The van der Waals surface area contributed by atoms with Crippen LogP contribution in [0, 0.1) is 0 Å². The van der Waals surface area contributed by atoms with Crippen LogP contribution >= 0.6 is 11.3 Å². The summed E-state index contributed by atoms with van der Waals surface area (Å²) in [6, 6.07) is 10.8. The van der Waals surface area contributed by atoms with Crippen LogP contribution in [0.25, 0.3) is 17.5 Å². The van der Waals surface area contributed by atoms with E-state index >= 15 is 0 Å². The van der Waals surface area contributed by atoms with E-state index in [0.29, 0.717) is 5.89 Å². The lowest BCUT2D eigenvalue weighted by Gasteiger charge is -2.01. The predicted molar refractivity (Wildman–Crippen MR) is 98.5 cm³/mol. The number of sulfonamides is 1. The van der Waals surface area contributed by atoms with E-state index in [4.69, 9.17) is 4.42 Å². The molecular formula is C17H15N3O4S2. The van der Waals surface area contributed by atoms with Crippen molar-refractivity contribution in [3.8, 4) is 11.5 Å². The summed E-state index contributed by atoms with van der Waals surface area (Å²) in [5, 5.41) is 12.5. The number of thiophene rings is 1. The number of amides is 1. The smallest absolute Gasteiger partial charge is 0.257 e. The fraction of sp³-hybridized carbons (Fsp3) is 0.118. The minimum absolute atomic E-state index is 0.0797. The first-order chi connectivity index (χ1) is 12.5. The molecule has 1 aromatic carbocycles. The Morgan fingerprint density at radius 1 is 1.19 bits per heavy atom. The summed E-state index contributed by atoms with van der Waals surface area (Å²) in [7, 11) is -3.86. The van der Waals surface area contributed by atoms with Crippen LogP contribution < -0.4 is 4.72 Å². The van der Waals surface area contributed by atoms with Crippen molar-refractivity contribution in [3.63, 3.8) is 0 Å². The second-order valence-corrected chi connectivity index (χ2v) is 7.64. The van der Waals surface area contributed by atoms with Crippen LogP contribution in [0.4, 0.5) is 0 Å². The number of aryl methyl sites for hydroxylation is 1. The third-order valence-corrected chi connectivity index (χ3v) is 4.99. The minimum atomic E-state index is -3.86. The third kappa shape index (κ3) is 5.11. The second-order valence-electron chi connectivity index (χ2n) is 5.30. The zero-order chi connectivity index (χ0) is 18.4. The van der Waals surface area contributed by atoms with Crippen LogP contribution in [0.15, 0.2) is 57.0 Å². The van der Waals surface area contributed by atoms with Gasteiger partial charge in [-0.1, -0.05) is 30.3 Å². The molecule has 0 atom stereocenters. The zero-order valence-corrected chi connectivity index (χ0v) is 15.2. The highest BCUT2D eigenvalue weighted by atomic mass is 32.2. The van der Waals surface area contributed by atoms with Gasteiger partial charge in [0.05, 0.1) is 5.41 Å². The molecule has 2 aromatic heterocycles. The Balaban J connectivity index is 1.53. The zero-order valence-electron chi connectivity index (χ0n) is 13.5. The Bertz CT molecular complexity index is 994. The van der Waals surface area contributed by atoms with E-state index in [1.54, 1.807) is 24.3 Å². The van der Waals surface area contributed by atoms with Gasteiger partial charge in [-0.3, -0.25) is 4.79 Å². The number of carbonyl (C=O) groups is 1. The van der Waals surface area contributed by atoms with Crippen LogP contribution in [0.2, 0.25) is 0 Å². The average Bonchev–Trinajstić information content (AvgIpc) is 3.30. The minimum Gasteiger partial charge on any atom is -0.421 e. The Labute approximate surface area is 154 Å². The van der Waals surface area contributed by atoms with Gasteiger partial charge in [-0.2, -0.15) is 11.3 Å². The number of nitrogens with zero attached hydrogens (tertiary/aromatic N) is 2. The lowest BCUT2D eigenvalue weighted by molar-refractivity contribution is -0.119. The molecule has 3 rings (SSSR count). The predicted octanol–water partition coefficient (Wildman–Crippen LogP) is 2.85. The molecule has 7 nitrogen and oxygen atoms in total. The number of nitrogens with one attached hydrogen (secondary N) is 1. The largest absolute Gasteiger partial charge is 0.421 e. The summed E-state index contributed by atoms with van der Waals surface area (Å²) >= 11 is 1.51. The number of hydrogen-bond acceptors (Lipinski definition) is 7. The lowest BCUT2D eigenvalue weighted by Crippen LogP contribution is -2.28. The summed E-state index contributed by atoms with van der Waals surface area (Å²) in [5.41, 5.74) is 1.53. The van der Waals surface area contributed by atoms with Crippen molar-refractivity contribution in [1.29, 1.82) is 0 Å². The highest BCUT2D eigenvalue weighted by Crippen LogP contribution is 2.20. The number of aromatic nitrogens is 2. The Morgan fingerprint density at radius 2 is 2.00 bits per heavy atom. The molecule has 26 heavy (non-hydrogen) atoms. The molecule has 1 amide bonds. The van der Waals surface area contributed by atoms with Crippen LogP contribution in [0.3, 0.4) is 0 Å². The van der Waals surface area contributed by atoms with E-state index in [1.807, 2.05) is 27.6 Å². The molecule has 0 spiro atoms. The van der Waals surface area contributed by atoms with Crippen LogP contribution in [0.5, 0.6) is 0 Å². The molecule has 0 saturated carbocycles. The Morgan fingerprint density at radius 3 is 2.73 bits per heavy atom. The number of rotatable bonds is 7. The summed E-state index contributed by atoms with van der Waals surface area (Å²) in [5.74, 6) is 0.0108. The first-order valence-corrected chi connectivity index (χ1v) is 10.1. The molecular weight excluding hydrogens is 374 g/mol. The van der Waals surface area contributed by atoms with Crippen molar-refractivity contribution < 1.29 is 17.6 Å². The Kier molecular flexibility index (Phi) is 5.59. The molecule has 0 radical (unpaired) electrons. The van der Waals surface area contributed by atoms with Gasteiger partial charge >= 0.3 is 0 Å². The third-order valence-electron chi connectivity index (χ3n) is 3.30. The SMILES string of the molecule is O=C(CCc1nnc(-c2ccsc2)o1)NS(=O)(=O)/C=C/c1ccccc1. The molecule has 0 aliphatic carbocycles. The van der Waals surface area contributed by atoms with Gasteiger partial charge in [0.1, 0.15) is 0 Å². The first kappa shape index (κ1) is 18.0. The molecule has 134 valence electrons. The molecule has 9 heteroatoms. The molecule has 0 aliphatic rings. The molecule has 3 aromatic rings. The average molecular weight is 389 g/mol. The Hall–Kier alpha value is -2.78. The van der Waals surface area contributed by atoms with E-state index in [2.05, 4.69) is 10.2 Å². The van der Waals surface area contributed by atoms with Crippen molar-refractivity contribution in [1.82, 2.24) is 14.9 Å². The summed E-state index contributed by atoms with van der Waals surface area (Å²) in [4.78, 5) is 11.9. The van der Waals surface area contributed by atoms with Gasteiger partial charge in [0.15, 0.2) is 0 Å².